The Labute approximate surface area is 113 Å². The molecule has 1 N–H and O–H groups in total. The molecule has 2 rings (SSSR count). The van der Waals surface area contributed by atoms with E-state index >= 15 is 0 Å². The first-order valence-corrected chi connectivity index (χ1v) is 6.35. The number of benzene rings is 1. The number of rotatable bonds is 5. The smallest absolute Gasteiger partial charge is 0.226 e. The van der Waals surface area contributed by atoms with Gasteiger partial charge in [-0.1, -0.05) is 28.0 Å². The molecule has 0 aliphatic rings. The third-order valence-electron chi connectivity index (χ3n) is 2.37. The lowest BCUT2D eigenvalue weighted by Crippen LogP contribution is -1.98. The van der Waals surface area contributed by atoms with Crippen LogP contribution in [0.25, 0.3) is 0 Å². The van der Waals surface area contributed by atoms with Crippen LogP contribution in [0, 0.1) is 0 Å². The van der Waals surface area contributed by atoms with Gasteiger partial charge in [0.05, 0.1) is 6.61 Å². The van der Waals surface area contributed by atoms with E-state index in [1.807, 2.05) is 19.1 Å². The highest BCUT2D eigenvalue weighted by molar-refractivity contribution is 9.10. The van der Waals surface area contributed by atoms with Crippen LogP contribution in [0.4, 0.5) is 0 Å². The van der Waals surface area contributed by atoms with Crippen molar-refractivity contribution in [1.82, 2.24) is 10.1 Å². The standard InChI is InChI=1S/C12H13BrN2O3/c1-2-12-14-11(15-18-12)7-17-9-3-4-10(13)8(5-9)6-16/h3-5,16H,2,6-7H2,1H3. The van der Waals surface area contributed by atoms with Gasteiger partial charge in [0.1, 0.15) is 5.75 Å². The maximum Gasteiger partial charge on any atom is 0.226 e. The molecule has 5 nitrogen and oxygen atoms in total. The first kappa shape index (κ1) is 13.0. The van der Waals surface area contributed by atoms with Crippen molar-refractivity contribution in [2.75, 3.05) is 0 Å². The number of aliphatic hydroxyl groups is 1. The molecule has 0 saturated carbocycles. The van der Waals surface area contributed by atoms with Gasteiger partial charge in [0.15, 0.2) is 6.61 Å². The summed E-state index contributed by atoms with van der Waals surface area (Å²) < 4.78 is 11.4. The van der Waals surface area contributed by atoms with E-state index < -0.39 is 0 Å². The van der Waals surface area contributed by atoms with Crippen molar-refractivity contribution in [2.45, 2.75) is 26.6 Å². The maximum absolute atomic E-state index is 9.14. The molecule has 0 fully saturated rings. The Morgan fingerprint density at radius 1 is 1.44 bits per heavy atom. The van der Waals surface area contributed by atoms with Crippen LogP contribution in [0.15, 0.2) is 27.2 Å². The monoisotopic (exact) mass is 312 g/mol. The van der Waals surface area contributed by atoms with Gasteiger partial charge in [0.2, 0.25) is 11.7 Å². The van der Waals surface area contributed by atoms with Gasteiger partial charge in [-0.2, -0.15) is 4.98 Å². The molecule has 1 aromatic heterocycles. The highest BCUT2D eigenvalue weighted by Gasteiger charge is 2.06. The maximum atomic E-state index is 9.14. The highest BCUT2D eigenvalue weighted by Crippen LogP contribution is 2.23. The molecular formula is C12H13BrN2O3. The molecule has 96 valence electrons. The number of nitrogens with zero attached hydrogens (tertiary/aromatic N) is 2. The lowest BCUT2D eigenvalue weighted by atomic mass is 10.2. The topological polar surface area (TPSA) is 68.4 Å². The predicted molar refractivity (Wildman–Crippen MR) is 68.1 cm³/mol. The minimum Gasteiger partial charge on any atom is -0.485 e. The van der Waals surface area contributed by atoms with Crippen molar-refractivity contribution in [2.24, 2.45) is 0 Å². The molecule has 0 aliphatic heterocycles. The fourth-order valence-corrected chi connectivity index (χ4v) is 1.77. The van der Waals surface area contributed by atoms with Crippen LogP contribution >= 0.6 is 15.9 Å². The Balaban J connectivity index is 2.01. The third kappa shape index (κ3) is 3.08. The van der Waals surface area contributed by atoms with E-state index in [-0.39, 0.29) is 13.2 Å². The van der Waals surface area contributed by atoms with Crippen LogP contribution in [0.5, 0.6) is 5.75 Å². The second-order valence-electron chi connectivity index (χ2n) is 3.66. The van der Waals surface area contributed by atoms with Crippen molar-refractivity contribution < 1.29 is 14.4 Å². The van der Waals surface area contributed by atoms with Crippen LogP contribution in [0.2, 0.25) is 0 Å². The molecular weight excluding hydrogens is 300 g/mol. The number of ether oxygens (including phenoxy) is 1. The summed E-state index contributed by atoms with van der Waals surface area (Å²) in [5.41, 5.74) is 0.773. The summed E-state index contributed by atoms with van der Waals surface area (Å²) in [4.78, 5) is 4.14. The Morgan fingerprint density at radius 3 is 2.94 bits per heavy atom. The number of aryl methyl sites for hydroxylation is 1. The summed E-state index contributed by atoms with van der Waals surface area (Å²) in [5, 5.41) is 12.9. The summed E-state index contributed by atoms with van der Waals surface area (Å²) in [6, 6.07) is 5.41. The lowest BCUT2D eigenvalue weighted by molar-refractivity contribution is 0.273. The Hall–Kier alpha value is -1.40. The molecule has 0 saturated heterocycles. The zero-order valence-electron chi connectivity index (χ0n) is 9.89. The van der Waals surface area contributed by atoms with E-state index in [2.05, 4.69) is 26.1 Å². The van der Waals surface area contributed by atoms with E-state index in [1.165, 1.54) is 0 Å². The summed E-state index contributed by atoms with van der Waals surface area (Å²) in [5.74, 6) is 1.77. The molecule has 0 radical (unpaired) electrons. The molecule has 0 amide bonds. The van der Waals surface area contributed by atoms with Crippen molar-refractivity contribution in [1.29, 1.82) is 0 Å². The van der Waals surface area contributed by atoms with Gasteiger partial charge in [-0.15, -0.1) is 0 Å². The molecule has 2 aromatic rings. The zero-order chi connectivity index (χ0) is 13.0. The molecule has 0 aliphatic carbocycles. The first-order chi connectivity index (χ1) is 8.72. The Kier molecular flexibility index (Phi) is 4.33. The summed E-state index contributed by atoms with van der Waals surface area (Å²) >= 11 is 3.34. The van der Waals surface area contributed by atoms with Crippen molar-refractivity contribution >= 4 is 15.9 Å². The van der Waals surface area contributed by atoms with E-state index in [4.69, 9.17) is 14.4 Å². The first-order valence-electron chi connectivity index (χ1n) is 5.56. The zero-order valence-corrected chi connectivity index (χ0v) is 11.5. The van der Waals surface area contributed by atoms with Gasteiger partial charge in [-0.05, 0) is 23.8 Å². The molecule has 0 bridgehead atoms. The summed E-state index contributed by atoms with van der Waals surface area (Å²) in [6.07, 6.45) is 0.708. The number of aliphatic hydroxyl groups excluding tert-OH is 1. The van der Waals surface area contributed by atoms with Crippen molar-refractivity contribution in [3.63, 3.8) is 0 Å². The molecule has 1 heterocycles. The summed E-state index contributed by atoms with van der Waals surface area (Å²) in [7, 11) is 0. The second kappa shape index (κ2) is 5.97. The fraction of sp³-hybridized carbons (Fsp3) is 0.333. The van der Waals surface area contributed by atoms with E-state index in [0.717, 1.165) is 10.0 Å². The average Bonchev–Trinajstić information content (AvgIpc) is 2.86. The van der Waals surface area contributed by atoms with Crippen LogP contribution in [-0.2, 0) is 19.6 Å². The van der Waals surface area contributed by atoms with E-state index in [9.17, 15) is 0 Å². The SMILES string of the molecule is CCc1nc(COc2ccc(Br)c(CO)c2)no1. The van der Waals surface area contributed by atoms with Gasteiger partial charge in [-0.25, -0.2) is 0 Å². The Morgan fingerprint density at radius 2 is 2.28 bits per heavy atom. The third-order valence-corrected chi connectivity index (χ3v) is 3.14. The van der Waals surface area contributed by atoms with Crippen LogP contribution in [-0.4, -0.2) is 15.2 Å². The molecule has 18 heavy (non-hydrogen) atoms. The molecule has 6 heteroatoms. The number of hydrogen-bond donors (Lipinski definition) is 1. The summed E-state index contributed by atoms with van der Waals surface area (Å²) in [6.45, 7) is 2.15. The van der Waals surface area contributed by atoms with Crippen LogP contribution < -0.4 is 4.74 Å². The average molecular weight is 313 g/mol. The van der Waals surface area contributed by atoms with Gasteiger partial charge in [0, 0.05) is 10.9 Å². The minimum absolute atomic E-state index is 0.0417. The molecule has 0 unspecified atom stereocenters. The molecule has 0 spiro atoms. The van der Waals surface area contributed by atoms with Crippen molar-refractivity contribution in [3.05, 3.63) is 40.0 Å². The predicted octanol–water partition coefficient (Wildman–Crippen LogP) is 2.47. The van der Waals surface area contributed by atoms with Crippen LogP contribution in [0.3, 0.4) is 0 Å². The number of aromatic nitrogens is 2. The second-order valence-corrected chi connectivity index (χ2v) is 4.51. The van der Waals surface area contributed by atoms with Gasteiger partial charge < -0.3 is 14.4 Å². The van der Waals surface area contributed by atoms with E-state index in [0.29, 0.717) is 23.9 Å². The van der Waals surface area contributed by atoms with Crippen LogP contribution in [0.1, 0.15) is 24.2 Å². The lowest BCUT2D eigenvalue weighted by Gasteiger charge is -2.06. The quantitative estimate of drug-likeness (QED) is 0.918. The fourth-order valence-electron chi connectivity index (χ4n) is 1.40. The largest absolute Gasteiger partial charge is 0.485 e. The highest BCUT2D eigenvalue weighted by atomic mass is 79.9. The minimum atomic E-state index is -0.0417. The molecule has 1 aromatic carbocycles. The molecule has 0 atom stereocenters. The van der Waals surface area contributed by atoms with Crippen molar-refractivity contribution in [3.8, 4) is 5.75 Å². The number of halogens is 1. The van der Waals surface area contributed by atoms with E-state index in [1.54, 1.807) is 6.07 Å². The Bertz CT molecular complexity index is 528. The van der Waals surface area contributed by atoms with Gasteiger partial charge in [0.25, 0.3) is 0 Å². The number of hydrogen-bond acceptors (Lipinski definition) is 5. The van der Waals surface area contributed by atoms with Gasteiger partial charge in [-0.3, -0.25) is 0 Å². The van der Waals surface area contributed by atoms with Gasteiger partial charge >= 0.3 is 0 Å². The normalized spacial score (nSPS) is 10.6.